The first-order chi connectivity index (χ1) is 9.97. The van der Waals surface area contributed by atoms with E-state index in [1.165, 1.54) is 83.5 Å². The van der Waals surface area contributed by atoms with Gasteiger partial charge < -0.3 is 5.73 Å². The van der Waals surface area contributed by atoms with Crippen molar-refractivity contribution in [2.45, 2.75) is 117 Å². The molecule has 0 radical (unpaired) electrons. The van der Waals surface area contributed by atoms with Gasteiger partial charge in [0.25, 0.3) is 0 Å². The van der Waals surface area contributed by atoms with Gasteiger partial charge in [0.2, 0.25) is 0 Å². The lowest BCUT2D eigenvalue weighted by Gasteiger charge is -2.47. The van der Waals surface area contributed by atoms with E-state index in [2.05, 4.69) is 27.7 Å². The molecule has 1 fully saturated rings. The van der Waals surface area contributed by atoms with Crippen LogP contribution in [-0.2, 0) is 0 Å². The summed E-state index contributed by atoms with van der Waals surface area (Å²) in [6, 6.07) is 0. The van der Waals surface area contributed by atoms with Crippen molar-refractivity contribution < 1.29 is 0 Å². The van der Waals surface area contributed by atoms with Gasteiger partial charge in [-0.3, -0.25) is 0 Å². The maximum atomic E-state index is 7.03. The van der Waals surface area contributed by atoms with Crippen molar-refractivity contribution in [3.8, 4) is 0 Å². The van der Waals surface area contributed by atoms with Crippen LogP contribution in [0.3, 0.4) is 0 Å². The number of hydrogen-bond donors (Lipinski definition) is 1. The molecule has 0 saturated heterocycles. The summed E-state index contributed by atoms with van der Waals surface area (Å²) in [5, 5.41) is 0. The molecule has 0 heterocycles. The number of hydrogen-bond acceptors (Lipinski definition) is 1. The second-order valence-electron chi connectivity index (χ2n) is 8.17. The zero-order valence-corrected chi connectivity index (χ0v) is 15.3. The Morgan fingerprint density at radius 2 is 1.67 bits per heavy atom. The van der Waals surface area contributed by atoms with Gasteiger partial charge in [-0.15, -0.1) is 0 Å². The Labute approximate surface area is 134 Å². The van der Waals surface area contributed by atoms with Crippen molar-refractivity contribution >= 4 is 0 Å². The van der Waals surface area contributed by atoms with Crippen LogP contribution in [0.1, 0.15) is 111 Å². The molecule has 1 aliphatic rings. The summed E-state index contributed by atoms with van der Waals surface area (Å²) in [5.41, 5.74) is 7.48. The predicted octanol–water partition coefficient (Wildman–Crippen LogP) is 6.45. The third-order valence-corrected chi connectivity index (χ3v) is 6.24. The van der Waals surface area contributed by atoms with Crippen LogP contribution in [0.15, 0.2) is 0 Å². The van der Waals surface area contributed by atoms with Gasteiger partial charge >= 0.3 is 0 Å². The lowest BCUT2D eigenvalue weighted by Crippen LogP contribution is -2.53. The first kappa shape index (κ1) is 19.0. The highest BCUT2D eigenvalue weighted by atomic mass is 14.8. The standard InChI is InChI=1S/C20H41N/c1-5-7-8-9-10-15-19(4,14-6-2)20(21)16-11-12-18(3)13-17-20/h18H,5-17,21H2,1-4H3. The van der Waals surface area contributed by atoms with E-state index in [-0.39, 0.29) is 5.54 Å². The van der Waals surface area contributed by atoms with Crippen LogP contribution < -0.4 is 5.73 Å². The van der Waals surface area contributed by atoms with E-state index >= 15 is 0 Å². The number of nitrogens with two attached hydrogens (primary N) is 1. The van der Waals surface area contributed by atoms with E-state index in [1.54, 1.807) is 0 Å². The van der Waals surface area contributed by atoms with Crippen LogP contribution in [0, 0.1) is 11.3 Å². The Balaban J connectivity index is 2.63. The molecule has 0 spiro atoms. The summed E-state index contributed by atoms with van der Waals surface area (Å²) in [6.07, 6.45) is 17.4. The summed E-state index contributed by atoms with van der Waals surface area (Å²) in [5.74, 6) is 0.880. The molecule has 1 saturated carbocycles. The molecule has 3 unspecified atom stereocenters. The fourth-order valence-corrected chi connectivity index (χ4v) is 4.44. The largest absolute Gasteiger partial charge is 0.325 e. The molecule has 1 heteroatoms. The minimum absolute atomic E-state index is 0.0958. The lowest BCUT2D eigenvalue weighted by atomic mass is 9.62. The second kappa shape index (κ2) is 9.18. The Hall–Kier alpha value is -0.0400. The molecule has 1 rings (SSSR count). The van der Waals surface area contributed by atoms with Crippen molar-refractivity contribution in [3.05, 3.63) is 0 Å². The molecule has 1 nitrogen and oxygen atoms in total. The summed E-state index contributed by atoms with van der Waals surface area (Å²) >= 11 is 0. The molecule has 21 heavy (non-hydrogen) atoms. The van der Waals surface area contributed by atoms with E-state index in [4.69, 9.17) is 5.73 Å². The summed E-state index contributed by atoms with van der Waals surface area (Å²) in [6.45, 7) is 9.54. The quantitative estimate of drug-likeness (QED) is 0.384. The maximum Gasteiger partial charge on any atom is 0.0208 e. The SMILES string of the molecule is CCCCCCCC(C)(CCC)C1(N)CCCC(C)CC1. The summed E-state index contributed by atoms with van der Waals surface area (Å²) in [4.78, 5) is 0. The molecule has 0 amide bonds. The van der Waals surface area contributed by atoms with E-state index in [9.17, 15) is 0 Å². The molecule has 2 N–H and O–H groups in total. The first-order valence-electron chi connectivity index (χ1n) is 9.76. The molecule has 126 valence electrons. The molecule has 0 aromatic heterocycles. The van der Waals surface area contributed by atoms with Crippen LogP contribution in [-0.4, -0.2) is 5.54 Å². The highest BCUT2D eigenvalue weighted by Gasteiger charge is 2.44. The Bertz CT molecular complexity index is 275. The minimum atomic E-state index is 0.0958. The summed E-state index contributed by atoms with van der Waals surface area (Å²) in [7, 11) is 0. The smallest absolute Gasteiger partial charge is 0.0208 e. The Kier molecular flexibility index (Phi) is 8.31. The molecular weight excluding hydrogens is 254 g/mol. The topological polar surface area (TPSA) is 26.0 Å². The molecule has 0 aromatic carbocycles. The van der Waals surface area contributed by atoms with E-state index < -0.39 is 0 Å². The zero-order chi connectivity index (χ0) is 15.8. The van der Waals surface area contributed by atoms with Crippen molar-refractivity contribution in [1.82, 2.24) is 0 Å². The second-order valence-corrected chi connectivity index (χ2v) is 8.17. The zero-order valence-electron chi connectivity index (χ0n) is 15.3. The predicted molar refractivity (Wildman–Crippen MR) is 95.6 cm³/mol. The van der Waals surface area contributed by atoms with Gasteiger partial charge in [-0.05, 0) is 43.4 Å². The van der Waals surface area contributed by atoms with Crippen molar-refractivity contribution in [3.63, 3.8) is 0 Å². The minimum Gasteiger partial charge on any atom is -0.325 e. The normalized spacial score (nSPS) is 29.9. The van der Waals surface area contributed by atoms with Gasteiger partial charge in [-0.1, -0.05) is 79.1 Å². The molecule has 0 bridgehead atoms. The van der Waals surface area contributed by atoms with Crippen molar-refractivity contribution in [2.75, 3.05) is 0 Å². The van der Waals surface area contributed by atoms with Crippen LogP contribution in [0.25, 0.3) is 0 Å². The van der Waals surface area contributed by atoms with Crippen LogP contribution in [0.2, 0.25) is 0 Å². The molecule has 3 atom stereocenters. The highest BCUT2D eigenvalue weighted by Crippen LogP contribution is 2.46. The van der Waals surface area contributed by atoms with Gasteiger partial charge in [0.15, 0.2) is 0 Å². The van der Waals surface area contributed by atoms with Gasteiger partial charge in [-0.25, -0.2) is 0 Å². The first-order valence-corrected chi connectivity index (χ1v) is 9.76. The molecular formula is C20H41N. The third-order valence-electron chi connectivity index (χ3n) is 6.24. The van der Waals surface area contributed by atoms with E-state index in [0.29, 0.717) is 5.41 Å². The molecule has 0 aliphatic heterocycles. The van der Waals surface area contributed by atoms with E-state index in [0.717, 1.165) is 5.92 Å². The average molecular weight is 296 g/mol. The Morgan fingerprint density at radius 1 is 0.952 bits per heavy atom. The fraction of sp³-hybridized carbons (Fsp3) is 1.00. The monoisotopic (exact) mass is 295 g/mol. The Morgan fingerprint density at radius 3 is 2.33 bits per heavy atom. The van der Waals surface area contributed by atoms with Crippen LogP contribution >= 0.6 is 0 Å². The van der Waals surface area contributed by atoms with Gasteiger partial charge in [-0.2, -0.15) is 0 Å². The highest BCUT2D eigenvalue weighted by molar-refractivity contribution is 5.01. The summed E-state index contributed by atoms with van der Waals surface area (Å²) < 4.78 is 0. The third kappa shape index (κ3) is 5.58. The van der Waals surface area contributed by atoms with Crippen molar-refractivity contribution in [2.24, 2.45) is 17.1 Å². The lowest BCUT2D eigenvalue weighted by molar-refractivity contribution is 0.0921. The van der Waals surface area contributed by atoms with Crippen molar-refractivity contribution in [1.29, 1.82) is 0 Å². The van der Waals surface area contributed by atoms with Crippen LogP contribution in [0.5, 0.6) is 0 Å². The fourth-order valence-electron chi connectivity index (χ4n) is 4.44. The van der Waals surface area contributed by atoms with Crippen LogP contribution in [0.4, 0.5) is 0 Å². The van der Waals surface area contributed by atoms with Gasteiger partial charge in [0.1, 0.15) is 0 Å². The van der Waals surface area contributed by atoms with E-state index in [1.807, 2.05) is 0 Å². The molecule has 1 aliphatic carbocycles. The number of rotatable bonds is 9. The average Bonchev–Trinajstić information content (AvgIpc) is 2.62. The molecule has 0 aromatic rings. The maximum absolute atomic E-state index is 7.03. The van der Waals surface area contributed by atoms with Gasteiger partial charge in [0, 0.05) is 5.54 Å². The number of unbranched alkanes of at least 4 members (excludes halogenated alkanes) is 4. The van der Waals surface area contributed by atoms with Gasteiger partial charge in [0.05, 0.1) is 0 Å².